The van der Waals surface area contributed by atoms with Gasteiger partial charge in [0.1, 0.15) is 0 Å². The molecule has 0 saturated carbocycles. The maximum atomic E-state index is 9.27. The van der Waals surface area contributed by atoms with Crippen molar-refractivity contribution >= 4 is 0 Å². The van der Waals surface area contributed by atoms with Crippen LogP contribution in [0.3, 0.4) is 0 Å². The highest BCUT2D eigenvalue weighted by Gasteiger charge is 2.11. The molecular formula is C9H15NO. The number of aliphatic hydroxyl groups is 1. The van der Waals surface area contributed by atoms with Gasteiger partial charge in [0.25, 0.3) is 0 Å². The van der Waals surface area contributed by atoms with Gasteiger partial charge in [0.15, 0.2) is 0 Å². The van der Waals surface area contributed by atoms with E-state index >= 15 is 0 Å². The molecule has 1 atom stereocenters. The zero-order valence-corrected chi connectivity index (χ0v) is 6.71. The summed E-state index contributed by atoms with van der Waals surface area (Å²) in [6.07, 6.45) is 4.54. The molecular weight excluding hydrogens is 138 g/mol. The number of rotatable bonds is 2. The normalized spacial score (nSPS) is 24.5. The van der Waals surface area contributed by atoms with Gasteiger partial charge in [0, 0.05) is 6.54 Å². The van der Waals surface area contributed by atoms with Gasteiger partial charge in [-0.2, -0.15) is 0 Å². The highest BCUT2D eigenvalue weighted by molar-refractivity contribution is 5.31. The average molecular weight is 153 g/mol. The van der Waals surface area contributed by atoms with Crippen molar-refractivity contribution in [2.75, 3.05) is 6.54 Å². The quantitative estimate of drug-likeness (QED) is 0.621. The summed E-state index contributed by atoms with van der Waals surface area (Å²) in [5, 5.41) is 9.27. The molecule has 0 saturated heterocycles. The van der Waals surface area contributed by atoms with Gasteiger partial charge in [-0.05, 0) is 30.4 Å². The molecule has 0 aliphatic heterocycles. The molecule has 0 radical (unpaired) electrons. The monoisotopic (exact) mass is 153 g/mol. The molecule has 1 unspecified atom stereocenters. The lowest BCUT2D eigenvalue weighted by molar-refractivity contribution is 0.202. The van der Waals surface area contributed by atoms with Crippen LogP contribution >= 0.6 is 0 Å². The lowest BCUT2D eigenvalue weighted by Gasteiger charge is -2.17. The van der Waals surface area contributed by atoms with E-state index in [4.69, 9.17) is 5.73 Å². The molecule has 2 heteroatoms. The Bertz CT molecular complexity index is 184. The molecule has 1 rings (SSSR count). The van der Waals surface area contributed by atoms with Crippen LogP contribution in [0, 0.1) is 0 Å². The molecule has 0 aromatic rings. The second-order valence-corrected chi connectivity index (χ2v) is 2.96. The maximum Gasteiger partial charge on any atom is 0.0726 e. The van der Waals surface area contributed by atoms with Crippen LogP contribution in [0.2, 0.25) is 0 Å². The summed E-state index contributed by atoms with van der Waals surface area (Å²) >= 11 is 0. The van der Waals surface area contributed by atoms with Crippen molar-refractivity contribution in [1.82, 2.24) is 0 Å². The van der Waals surface area contributed by atoms with E-state index in [1.54, 1.807) is 0 Å². The summed E-state index contributed by atoms with van der Waals surface area (Å²) in [6.45, 7) is 4.33. The van der Waals surface area contributed by atoms with Gasteiger partial charge in [0.2, 0.25) is 0 Å². The predicted octanol–water partition coefficient (Wildman–Crippen LogP) is 0.973. The fraction of sp³-hybridized carbons (Fsp3) is 0.556. The summed E-state index contributed by atoms with van der Waals surface area (Å²) in [5.41, 5.74) is 7.53. The molecule has 3 N–H and O–H groups in total. The minimum Gasteiger partial charge on any atom is -0.389 e. The van der Waals surface area contributed by atoms with Crippen LogP contribution in [0.25, 0.3) is 0 Å². The second-order valence-electron chi connectivity index (χ2n) is 2.96. The van der Waals surface area contributed by atoms with Crippen LogP contribution in [0.15, 0.2) is 23.8 Å². The van der Waals surface area contributed by atoms with E-state index in [1.165, 1.54) is 0 Å². The van der Waals surface area contributed by atoms with E-state index in [2.05, 4.69) is 6.58 Å². The van der Waals surface area contributed by atoms with Crippen molar-refractivity contribution in [2.24, 2.45) is 5.73 Å². The van der Waals surface area contributed by atoms with Crippen LogP contribution in [0.5, 0.6) is 0 Å². The van der Waals surface area contributed by atoms with Crippen LogP contribution in [-0.2, 0) is 0 Å². The summed E-state index contributed by atoms with van der Waals surface area (Å²) in [6, 6.07) is 0. The molecule has 11 heavy (non-hydrogen) atoms. The minimum absolute atomic E-state index is 0.276. The zero-order chi connectivity index (χ0) is 8.27. The molecule has 0 amide bonds. The molecule has 1 aliphatic carbocycles. The SMILES string of the molecule is C=C(CN)C1=CC(O)CCC1. The first-order valence-corrected chi connectivity index (χ1v) is 4.01. The van der Waals surface area contributed by atoms with Crippen molar-refractivity contribution in [2.45, 2.75) is 25.4 Å². The van der Waals surface area contributed by atoms with Crippen molar-refractivity contribution in [3.8, 4) is 0 Å². The fourth-order valence-corrected chi connectivity index (χ4v) is 1.33. The van der Waals surface area contributed by atoms with Gasteiger partial charge in [0.05, 0.1) is 6.10 Å². The topological polar surface area (TPSA) is 46.2 Å². The first-order valence-electron chi connectivity index (χ1n) is 4.01. The predicted molar refractivity (Wildman–Crippen MR) is 46.1 cm³/mol. The minimum atomic E-state index is -0.276. The highest BCUT2D eigenvalue weighted by Crippen LogP contribution is 2.22. The standard InChI is InChI=1S/C9H15NO/c1-7(6-10)8-3-2-4-9(11)5-8/h5,9,11H,1-4,6,10H2. The van der Waals surface area contributed by atoms with E-state index in [0.29, 0.717) is 6.54 Å². The third-order valence-corrected chi connectivity index (χ3v) is 2.04. The van der Waals surface area contributed by atoms with Crippen molar-refractivity contribution < 1.29 is 5.11 Å². The van der Waals surface area contributed by atoms with Gasteiger partial charge in [-0.25, -0.2) is 0 Å². The van der Waals surface area contributed by atoms with Crippen LogP contribution in [0.4, 0.5) is 0 Å². The molecule has 1 aliphatic rings. The van der Waals surface area contributed by atoms with Crippen molar-refractivity contribution in [1.29, 1.82) is 0 Å². The summed E-state index contributed by atoms with van der Waals surface area (Å²) in [5.74, 6) is 0. The van der Waals surface area contributed by atoms with Crippen LogP contribution in [0.1, 0.15) is 19.3 Å². The fourth-order valence-electron chi connectivity index (χ4n) is 1.33. The molecule has 0 aromatic carbocycles. The first kappa shape index (κ1) is 8.50. The van der Waals surface area contributed by atoms with Gasteiger partial charge >= 0.3 is 0 Å². The number of hydrogen-bond donors (Lipinski definition) is 2. The molecule has 0 bridgehead atoms. The second kappa shape index (κ2) is 3.69. The van der Waals surface area contributed by atoms with Crippen LogP contribution in [-0.4, -0.2) is 17.8 Å². The highest BCUT2D eigenvalue weighted by atomic mass is 16.3. The third kappa shape index (κ3) is 2.17. The Morgan fingerprint density at radius 1 is 1.82 bits per heavy atom. The van der Waals surface area contributed by atoms with Crippen molar-refractivity contribution in [3.63, 3.8) is 0 Å². The Kier molecular flexibility index (Phi) is 2.85. The summed E-state index contributed by atoms with van der Waals surface area (Å²) in [7, 11) is 0. The van der Waals surface area contributed by atoms with Gasteiger partial charge in [-0.1, -0.05) is 12.7 Å². The van der Waals surface area contributed by atoms with E-state index in [0.717, 1.165) is 30.4 Å². The summed E-state index contributed by atoms with van der Waals surface area (Å²) < 4.78 is 0. The Morgan fingerprint density at radius 3 is 3.09 bits per heavy atom. The lowest BCUT2D eigenvalue weighted by atomic mass is 9.93. The first-order chi connectivity index (χ1) is 5.24. The van der Waals surface area contributed by atoms with Gasteiger partial charge in [-0.15, -0.1) is 0 Å². The van der Waals surface area contributed by atoms with Gasteiger partial charge < -0.3 is 10.8 Å². The zero-order valence-electron chi connectivity index (χ0n) is 6.71. The van der Waals surface area contributed by atoms with Gasteiger partial charge in [-0.3, -0.25) is 0 Å². The molecule has 0 aromatic heterocycles. The molecule has 2 nitrogen and oxygen atoms in total. The molecule has 0 fully saturated rings. The number of hydrogen-bond acceptors (Lipinski definition) is 2. The number of aliphatic hydroxyl groups excluding tert-OH is 1. The van der Waals surface area contributed by atoms with E-state index < -0.39 is 0 Å². The van der Waals surface area contributed by atoms with Crippen molar-refractivity contribution in [3.05, 3.63) is 23.8 Å². The Morgan fingerprint density at radius 2 is 2.55 bits per heavy atom. The lowest BCUT2D eigenvalue weighted by Crippen LogP contribution is -2.13. The third-order valence-electron chi connectivity index (χ3n) is 2.04. The number of nitrogens with two attached hydrogens (primary N) is 1. The van der Waals surface area contributed by atoms with E-state index in [9.17, 15) is 5.11 Å². The Labute approximate surface area is 67.4 Å². The Balaban J connectivity index is 2.63. The Hall–Kier alpha value is -0.600. The average Bonchev–Trinajstić information content (AvgIpc) is 2.03. The molecule has 62 valence electrons. The van der Waals surface area contributed by atoms with E-state index in [-0.39, 0.29) is 6.10 Å². The van der Waals surface area contributed by atoms with E-state index in [1.807, 2.05) is 6.08 Å². The molecule has 0 heterocycles. The van der Waals surface area contributed by atoms with Crippen LogP contribution < -0.4 is 5.73 Å². The largest absolute Gasteiger partial charge is 0.389 e. The maximum absolute atomic E-state index is 9.27. The molecule has 0 spiro atoms. The summed E-state index contributed by atoms with van der Waals surface area (Å²) in [4.78, 5) is 0. The smallest absolute Gasteiger partial charge is 0.0726 e.